The van der Waals surface area contributed by atoms with Crippen LogP contribution in [0.15, 0.2) is 35.4 Å². The van der Waals surface area contributed by atoms with Crippen LogP contribution in [0.5, 0.6) is 5.75 Å². The van der Waals surface area contributed by atoms with Crippen LogP contribution in [0.1, 0.15) is 37.1 Å². The van der Waals surface area contributed by atoms with E-state index in [0.717, 1.165) is 25.9 Å². The average Bonchev–Trinajstić information content (AvgIpc) is 3.26. The summed E-state index contributed by atoms with van der Waals surface area (Å²) in [7, 11) is -3.50. The van der Waals surface area contributed by atoms with Gasteiger partial charge >= 0.3 is 0 Å². The second-order valence-electron chi connectivity index (χ2n) is 6.71. The maximum atomic E-state index is 13.0. The summed E-state index contributed by atoms with van der Waals surface area (Å²) in [5, 5.41) is 7.87. The molecule has 1 aromatic carbocycles. The Morgan fingerprint density at radius 2 is 2.08 bits per heavy atom. The Kier molecular flexibility index (Phi) is 4.73. The maximum absolute atomic E-state index is 13.0. The van der Waals surface area contributed by atoms with Crippen molar-refractivity contribution in [2.75, 3.05) is 19.7 Å². The Morgan fingerprint density at radius 3 is 2.85 bits per heavy atom. The lowest BCUT2D eigenvalue weighted by Crippen LogP contribution is -2.39. The smallest absolute Gasteiger partial charge is 0.243 e. The molecular formula is C18H24N4O3S. The summed E-state index contributed by atoms with van der Waals surface area (Å²) in [6, 6.07) is 7.01. The Hall–Kier alpha value is -1.90. The topological polar surface area (TPSA) is 76.5 Å². The van der Waals surface area contributed by atoms with Crippen LogP contribution in [0.3, 0.4) is 0 Å². The molecule has 2 aliphatic rings. The highest BCUT2D eigenvalue weighted by Crippen LogP contribution is 2.30. The first-order valence-electron chi connectivity index (χ1n) is 9.08. The van der Waals surface area contributed by atoms with Crippen molar-refractivity contribution >= 4 is 10.0 Å². The van der Waals surface area contributed by atoms with Gasteiger partial charge in [0.2, 0.25) is 10.0 Å². The van der Waals surface area contributed by atoms with E-state index in [1.165, 1.54) is 11.3 Å². The van der Waals surface area contributed by atoms with E-state index in [1.54, 1.807) is 28.6 Å². The van der Waals surface area contributed by atoms with Gasteiger partial charge in [0, 0.05) is 37.8 Å². The van der Waals surface area contributed by atoms with Gasteiger partial charge in [0.05, 0.1) is 29.4 Å². The van der Waals surface area contributed by atoms with E-state index >= 15 is 0 Å². The maximum Gasteiger partial charge on any atom is 0.243 e. The van der Waals surface area contributed by atoms with Crippen molar-refractivity contribution in [3.8, 4) is 5.75 Å². The summed E-state index contributed by atoms with van der Waals surface area (Å²) in [5.74, 6) is 0.586. The molecule has 3 heterocycles. The van der Waals surface area contributed by atoms with Gasteiger partial charge in [-0.05, 0) is 31.9 Å². The first-order chi connectivity index (χ1) is 12.6. The van der Waals surface area contributed by atoms with Crippen LogP contribution in [0.2, 0.25) is 0 Å². The monoisotopic (exact) mass is 376 g/mol. The number of nitrogens with one attached hydrogen (secondary N) is 1. The standard InChI is InChI=1S/C18H24N4O3S/c1-2-25-16-4-3-5-17(10-16)26(23,24)21-8-6-15(7-9-21)22-18-13-19-11-14(18)12-20-22/h3-5,10,12,15,19H,2,6-9,11,13H2,1H3. The van der Waals surface area contributed by atoms with Crippen LogP contribution in [-0.2, 0) is 23.1 Å². The number of nitrogens with zero attached hydrogens (tertiary/aromatic N) is 3. The van der Waals surface area contributed by atoms with Crippen LogP contribution in [0.4, 0.5) is 0 Å². The summed E-state index contributed by atoms with van der Waals surface area (Å²) in [6.45, 7) is 5.13. The highest BCUT2D eigenvalue weighted by molar-refractivity contribution is 7.89. The summed E-state index contributed by atoms with van der Waals surface area (Å²) >= 11 is 0. The van der Waals surface area contributed by atoms with Crippen molar-refractivity contribution < 1.29 is 13.2 Å². The van der Waals surface area contributed by atoms with Gasteiger partial charge in [-0.25, -0.2) is 8.42 Å². The van der Waals surface area contributed by atoms with Crippen LogP contribution in [0.25, 0.3) is 0 Å². The highest BCUT2D eigenvalue weighted by atomic mass is 32.2. The van der Waals surface area contributed by atoms with Crippen molar-refractivity contribution in [2.45, 2.75) is 43.8 Å². The molecule has 0 amide bonds. The van der Waals surface area contributed by atoms with E-state index in [-0.39, 0.29) is 6.04 Å². The van der Waals surface area contributed by atoms with E-state index in [9.17, 15) is 8.42 Å². The molecule has 0 atom stereocenters. The van der Waals surface area contributed by atoms with Gasteiger partial charge in [-0.1, -0.05) is 6.07 Å². The predicted molar refractivity (Wildman–Crippen MR) is 97.4 cm³/mol. The van der Waals surface area contributed by atoms with Crippen molar-refractivity contribution in [1.29, 1.82) is 0 Å². The molecule has 0 radical (unpaired) electrons. The molecule has 0 aliphatic carbocycles. The number of benzene rings is 1. The molecule has 8 heteroatoms. The fraction of sp³-hybridized carbons (Fsp3) is 0.500. The van der Waals surface area contributed by atoms with E-state index < -0.39 is 10.0 Å². The number of hydrogen-bond donors (Lipinski definition) is 1. The molecule has 0 saturated carbocycles. The highest BCUT2D eigenvalue weighted by Gasteiger charge is 2.32. The van der Waals surface area contributed by atoms with E-state index in [2.05, 4.69) is 15.1 Å². The molecule has 0 unspecified atom stereocenters. The molecule has 2 aromatic rings. The third kappa shape index (κ3) is 3.13. The zero-order valence-electron chi connectivity index (χ0n) is 14.9. The summed E-state index contributed by atoms with van der Waals surface area (Å²) < 4.78 is 35.0. The number of piperidine rings is 1. The van der Waals surface area contributed by atoms with E-state index in [1.807, 2.05) is 13.1 Å². The van der Waals surface area contributed by atoms with Crippen LogP contribution < -0.4 is 10.1 Å². The Balaban J connectivity index is 1.47. The molecule has 1 fully saturated rings. The zero-order chi connectivity index (χ0) is 18.1. The molecule has 7 nitrogen and oxygen atoms in total. The lowest BCUT2D eigenvalue weighted by molar-refractivity contribution is 0.257. The van der Waals surface area contributed by atoms with Gasteiger partial charge in [0.15, 0.2) is 0 Å². The second-order valence-corrected chi connectivity index (χ2v) is 8.65. The molecular weight excluding hydrogens is 352 g/mol. The summed E-state index contributed by atoms with van der Waals surface area (Å²) in [4.78, 5) is 0.297. The van der Waals surface area contributed by atoms with Gasteiger partial charge in [0.25, 0.3) is 0 Å². The van der Waals surface area contributed by atoms with Crippen molar-refractivity contribution in [2.24, 2.45) is 0 Å². The van der Waals surface area contributed by atoms with Crippen molar-refractivity contribution in [3.63, 3.8) is 0 Å². The van der Waals surface area contributed by atoms with Gasteiger partial charge in [-0.3, -0.25) is 4.68 Å². The van der Waals surface area contributed by atoms with Gasteiger partial charge in [-0.2, -0.15) is 9.40 Å². The predicted octanol–water partition coefficient (Wildman–Crippen LogP) is 1.91. The lowest BCUT2D eigenvalue weighted by atomic mass is 10.1. The molecule has 1 saturated heterocycles. The van der Waals surface area contributed by atoms with Gasteiger partial charge in [0.1, 0.15) is 5.75 Å². The minimum atomic E-state index is -3.50. The molecule has 4 rings (SSSR count). The average molecular weight is 376 g/mol. The number of hydrogen-bond acceptors (Lipinski definition) is 5. The van der Waals surface area contributed by atoms with Crippen molar-refractivity contribution in [3.05, 3.63) is 41.7 Å². The second kappa shape index (κ2) is 7.02. The molecule has 0 bridgehead atoms. The summed E-state index contributed by atoms with van der Waals surface area (Å²) in [6.07, 6.45) is 3.48. The van der Waals surface area contributed by atoms with Crippen molar-refractivity contribution in [1.82, 2.24) is 19.4 Å². The third-order valence-electron chi connectivity index (χ3n) is 5.12. The minimum absolute atomic E-state index is 0.264. The van der Waals surface area contributed by atoms with Crippen LogP contribution >= 0.6 is 0 Å². The van der Waals surface area contributed by atoms with Gasteiger partial charge < -0.3 is 10.1 Å². The first kappa shape index (κ1) is 17.5. The molecule has 0 spiro atoms. The summed E-state index contributed by atoms with van der Waals surface area (Å²) in [5.41, 5.74) is 2.50. The Bertz CT molecular complexity index is 886. The zero-order valence-corrected chi connectivity index (χ0v) is 15.7. The minimum Gasteiger partial charge on any atom is -0.494 e. The molecule has 1 aromatic heterocycles. The molecule has 140 valence electrons. The van der Waals surface area contributed by atoms with Crippen LogP contribution in [0, 0.1) is 0 Å². The van der Waals surface area contributed by atoms with Gasteiger partial charge in [-0.15, -0.1) is 0 Å². The number of sulfonamides is 1. The molecule has 2 aliphatic heterocycles. The third-order valence-corrected chi connectivity index (χ3v) is 7.01. The largest absolute Gasteiger partial charge is 0.494 e. The first-order valence-corrected chi connectivity index (χ1v) is 10.5. The van der Waals surface area contributed by atoms with E-state index in [4.69, 9.17) is 4.74 Å². The van der Waals surface area contributed by atoms with E-state index in [0.29, 0.717) is 30.3 Å². The molecule has 26 heavy (non-hydrogen) atoms. The lowest BCUT2D eigenvalue weighted by Gasteiger charge is -2.32. The quantitative estimate of drug-likeness (QED) is 0.863. The Morgan fingerprint density at radius 1 is 1.27 bits per heavy atom. The fourth-order valence-corrected chi connectivity index (χ4v) is 5.27. The number of ether oxygens (including phenoxy) is 1. The Labute approximate surface area is 154 Å². The normalized spacial score (nSPS) is 18.8. The van der Waals surface area contributed by atoms with Crippen LogP contribution in [-0.4, -0.2) is 42.2 Å². The SMILES string of the molecule is CCOc1cccc(S(=O)(=O)N2CCC(n3ncc4c3CNC4)CC2)c1. The fourth-order valence-electron chi connectivity index (χ4n) is 3.76. The number of fused-ring (bicyclic) bond motifs is 1. The molecule has 1 N–H and O–H groups in total. The number of aromatic nitrogens is 2. The number of rotatable bonds is 5.